The van der Waals surface area contributed by atoms with Crippen molar-refractivity contribution in [3.63, 3.8) is 0 Å². The van der Waals surface area contributed by atoms with E-state index in [-0.39, 0.29) is 35.6 Å². The molecule has 5 heterocycles. The van der Waals surface area contributed by atoms with Crippen LogP contribution in [0.15, 0.2) is 17.1 Å². The molecule has 4 aliphatic rings. The van der Waals surface area contributed by atoms with Crippen molar-refractivity contribution >= 4 is 49.2 Å². The number of ether oxygens (including phenoxy) is 2. The maximum Gasteiger partial charge on any atom is 0.475 e. The number of unbranched alkanes of at least 4 members (excludes halogenated alkanes) is 1. The summed E-state index contributed by atoms with van der Waals surface area (Å²) in [5.74, 6) is -5.99. The van der Waals surface area contributed by atoms with Crippen LogP contribution in [-0.4, -0.2) is 160 Å². The van der Waals surface area contributed by atoms with Gasteiger partial charge in [-0.05, 0) is 18.9 Å². The van der Waals surface area contributed by atoms with Gasteiger partial charge in [0, 0.05) is 43.5 Å². The zero-order chi connectivity index (χ0) is 41.1. The first-order chi connectivity index (χ1) is 26.3. The van der Waals surface area contributed by atoms with Crippen LogP contribution in [0.25, 0.3) is 0 Å². The van der Waals surface area contributed by atoms with Gasteiger partial charge in [0.1, 0.15) is 36.3 Å². The molecule has 0 radical (unpaired) electrons. The van der Waals surface area contributed by atoms with Crippen LogP contribution >= 0.6 is 19.6 Å². The topological polar surface area (TPSA) is 373 Å². The first-order valence-electron chi connectivity index (χ1n) is 17.5. The molecule has 4 aliphatic heterocycles. The number of nitrogen functional groups attached to an aromatic ring is 1. The van der Waals surface area contributed by atoms with E-state index in [9.17, 15) is 64.1 Å². The van der Waals surface area contributed by atoms with Gasteiger partial charge in [-0.15, -0.1) is 0 Å². The smallest absolute Gasteiger partial charge is 0.475 e. The fraction of sp³-hybridized carbons (Fsp3) is 0.733. The summed E-state index contributed by atoms with van der Waals surface area (Å²) in [6, 6.07) is -0.534. The summed E-state index contributed by atoms with van der Waals surface area (Å²) in [4.78, 5) is 75.0. The summed E-state index contributed by atoms with van der Waals surface area (Å²) in [7, 11) is -5.59. The van der Waals surface area contributed by atoms with Crippen LogP contribution < -0.4 is 32.7 Å². The Balaban J connectivity index is 1.18. The Labute approximate surface area is 322 Å². The van der Waals surface area contributed by atoms with Gasteiger partial charge in [0.25, 0.3) is 5.79 Å². The molecule has 14 atom stereocenters. The number of phosphoric ester groups is 1. The normalized spacial score (nSPS) is 34.7. The van der Waals surface area contributed by atoms with Gasteiger partial charge in [0.05, 0.1) is 36.9 Å². The largest absolute Gasteiger partial charge is 0.477 e. The molecule has 24 nitrogen and oxygen atoms in total. The Hall–Kier alpha value is -3.46. The molecule has 0 spiro atoms. The van der Waals surface area contributed by atoms with E-state index in [1.807, 2.05) is 0 Å². The highest BCUT2D eigenvalue weighted by molar-refractivity contribution is 8.00. The third-order valence-corrected chi connectivity index (χ3v) is 12.2. The molecule has 314 valence electrons. The fourth-order valence-corrected chi connectivity index (χ4v) is 9.41. The third-order valence-electron chi connectivity index (χ3n) is 9.72. The van der Waals surface area contributed by atoms with Gasteiger partial charge in [-0.1, -0.05) is 6.42 Å². The number of aliphatic carboxylic acids is 1. The van der Waals surface area contributed by atoms with Crippen LogP contribution in [0.1, 0.15) is 45.3 Å². The van der Waals surface area contributed by atoms with Crippen LogP contribution in [0, 0.1) is 0 Å². The lowest BCUT2D eigenvalue weighted by Crippen LogP contribution is -2.68. The van der Waals surface area contributed by atoms with E-state index >= 15 is 0 Å². The minimum Gasteiger partial charge on any atom is -0.477 e. The number of thioether (sulfide) groups is 1. The van der Waals surface area contributed by atoms with Crippen molar-refractivity contribution in [3.8, 4) is 0 Å². The number of hydrogen-bond donors (Lipinski definition) is 12. The molecule has 4 fully saturated rings. The predicted molar refractivity (Wildman–Crippen MR) is 188 cm³/mol. The molecular formula is C30H46N7O17PS. The Morgan fingerprint density at radius 3 is 2.61 bits per heavy atom. The van der Waals surface area contributed by atoms with Crippen molar-refractivity contribution in [2.24, 2.45) is 0 Å². The second-order valence-electron chi connectivity index (χ2n) is 13.8. The highest BCUT2D eigenvalue weighted by atomic mass is 32.2. The summed E-state index contributed by atoms with van der Waals surface area (Å²) in [5, 5.41) is 74.6. The van der Waals surface area contributed by atoms with E-state index in [1.165, 1.54) is 6.07 Å². The third kappa shape index (κ3) is 10.2. The van der Waals surface area contributed by atoms with Crippen LogP contribution in [0.5, 0.6) is 0 Å². The number of phosphoric acid groups is 1. The zero-order valence-electron chi connectivity index (χ0n) is 29.8. The lowest BCUT2D eigenvalue weighted by Gasteiger charge is -2.46. The second kappa shape index (κ2) is 18.0. The van der Waals surface area contributed by atoms with E-state index in [0.29, 0.717) is 12.8 Å². The summed E-state index contributed by atoms with van der Waals surface area (Å²) in [6.45, 7) is -0.600. The molecule has 4 saturated heterocycles. The van der Waals surface area contributed by atoms with E-state index in [1.54, 1.807) is 11.8 Å². The number of amides is 4. The molecule has 56 heavy (non-hydrogen) atoms. The number of nitrogens with one attached hydrogen (secondary N) is 4. The highest BCUT2D eigenvalue weighted by Crippen LogP contribution is 2.51. The number of rotatable bonds is 17. The standard InChI is InChI=1S/C30H46N7O17PS/c1-12(38)33-21-14(39)8-30(27(45)46,54-55(49,50)51-10-16-23(43)24(44)26(52-16)37-7-6-18(31)35-29(37)48)53-25(21)22(42)15(40)9-32-19(41)5-3-2-4-17-20-13(11-56-17)34-28(47)36-20/h6-7,13-17,20-26,39-40,42-44H,2-5,8-11H2,1H3,(H,32,41)(H,33,38)(H,45,46)(H,49,50)(H2,31,35,48)(H2,34,36,47)/t13-,14?,15?,16+,17-,20-,21?,22?,23-,24?,25?,26+,30?/m0/s1. The predicted octanol–water partition coefficient (Wildman–Crippen LogP) is -4.42. The fourth-order valence-electron chi connectivity index (χ4n) is 6.91. The number of carbonyl (C=O) groups excluding carboxylic acids is 3. The number of nitrogens with zero attached hydrogens (tertiary/aromatic N) is 2. The summed E-state index contributed by atoms with van der Waals surface area (Å²) >= 11 is 1.73. The van der Waals surface area contributed by atoms with Crippen molar-refractivity contribution in [1.29, 1.82) is 0 Å². The zero-order valence-corrected chi connectivity index (χ0v) is 31.5. The van der Waals surface area contributed by atoms with Crippen molar-refractivity contribution in [2.45, 2.75) is 117 Å². The highest BCUT2D eigenvalue weighted by Gasteiger charge is 2.59. The first kappa shape index (κ1) is 43.7. The summed E-state index contributed by atoms with van der Waals surface area (Å²) in [6.07, 6.45) is -12.9. The van der Waals surface area contributed by atoms with Crippen LogP contribution in [0.4, 0.5) is 10.6 Å². The number of carboxylic acid groups (broad SMARTS) is 1. The number of fused-ring (bicyclic) bond motifs is 1. The maximum absolute atomic E-state index is 13.1. The van der Waals surface area contributed by atoms with E-state index in [4.69, 9.17) is 24.3 Å². The Bertz CT molecular complexity index is 1730. The van der Waals surface area contributed by atoms with Crippen LogP contribution in [0.3, 0.4) is 0 Å². The first-order valence-corrected chi connectivity index (χ1v) is 20.1. The van der Waals surface area contributed by atoms with Crippen molar-refractivity contribution in [3.05, 3.63) is 22.7 Å². The number of anilines is 1. The molecule has 26 heteroatoms. The van der Waals surface area contributed by atoms with Gasteiger partial charge in [-0.2, -0.15) is 16.7 Å². The number of aromatic nitrogens is 2. The van der Waals surface area contributed by atoms with Gasteiger partial charge < -0.3 is 72.0 Å². The van der Waals surface area contributed by atoms with Crippen molar-refractivity contribution < 1.29 is 77.8 Å². The molecule has 1 aromatic heterocycles. The van der Waals surface area contributed by atoms with Crippen molar-refractivity contribution in [2.75, 3.05) is 24.6 Å². The Morgan fingerprint density at radius 1 is 1.20 bits per heavy atom. The number of aliphatic hydroxyl groups excluding tert-OH is 5. The van der Waals surface area contributed by atoms with E-state index in [2.05, 4.69) is 26.3 Å². The number of aliphatic hydroxyl groups is 5. The van der Waals surface area contributed by atoms with Crippen LogP contribution in [0.2, 0.25) is 0 Å². The average Bonchev–Trinajstić information content (AvgIpc) is 3.76. The monoisotopic (exact) mass is 839 g/mol. The maximum atomic E-state index is 13.1. The van der Waals surface area contributed by atoms with Gasteiger partial charge in [0.2, 0.25) is 11.8 Å². The second-order valence-corrected chi connectivity index (χ2v) is 16.5. The van der Waals surface area contributed by atoms with E-state index < -0.39 is 112 Å². The van der Waals surface area contributed by atoms with Gasteiger partial charge in [-0.25, -0.2) is 23.5 Å². The SMILES string of the molecule is CC(=O)NC1C(O)CC(OP(=O)(O)OC[C@H]2O[C@@H](n3ccc(N)nc3=O)C(O)[C@H]2O)(C(=O)O)OC1C(O)C(O)CNC(=O)CCCC[C@@H]1SC[C@@H]2NC(=O)N[C@@H]21. The molecule has 0 aliphatic carbocycles. The Kier molecular flexibility index (Phi) is 14.0. The summed E-state index contributed by atoms with van der Waals surface area (Å²) in [5.41, 5.74) is 4.50. The summed E-state index contributed by atoms with van der Waals surface area (Å²) < 4.78 is 34.6. The molecule has 0 bridgehead atoms. The molecular weight excluding hydrogens is 793 g/mol. The number of carbonyl (C=O) groups is 4. The molecule has 0 saturated carbocycles. The molecule has 13 N–H and O–H groups in total. The number of carboxylic acids is 1. The lowest BCUT2D eigenvalue weighted by molar-refractivity contribution is -0.288. The van der Waals surface area contributed by atoms with Gasteiger partial charge in [-0.3, -0.25) is 18.7 Å². The molecule has 8 unspecified atom stereocenters. The minimum atomic E-state index is -5.59. The quantitative estimate of drug-likeness (QED) is 0.0400. The number of nitrogens with two attached hydrogens (primary N) is 1. The number of urea groups is 1. The van der Waals surface area contributed by atoms with Crippen molar-refractivity contribution in [1.82, 2.24) is 30.8 Å². The molecule has 0 aromatic carbocycles. The number of hydrogen-bond acceptors (Lipinski definition) is 18. The van der Waals surface area contributed by atoms with Gasteiger partial charge in [0.15, 0.2) is 6.23 Å². The lowest BCUT2D eigenvalue weighted by atomic mass is 9.88. The van der Waals surface area contributed by atoms with Crippen LogP contribution in [-0.2, 0) is 37.5 Å². The Morgan fingerprint density at radius 2 is 1.93 bits per heavy atom. The molecule has 4 amide bonds. The average molecular weight is 840 g/mol. The molecule has 1 aromatic rings. The molecule has 5 rings (SSSR count). The van der Waals surface area contributed by atoms with E-state index in [0.717, 1.165) is 29.9 Å². The minimum absolute atomic E-state index is 0.0134. The van der Waals surface area contributed by atoms with Gasteiger partial charge >= 0.3 is 25.5 Å².